The third-order valence-electron chi connectivity index (χ3n) is 5.67. The molecule has 0 spiro atoms. The minimum atomic E-state index is 0.0274. The van der Waals surface area contributed by atoms with Crippen LogP contribution in [-0.4, -0.2) is 81.5 Å². The quantitative estimate of drug-likeness (QED) is 0.668. The summed E-state index contributed by atoms with van der Waals surface area (Å²) in [6.07, 6.45) is 3.52. The van der Waals surface area contributed by atoms with Gasteiger partial charge in [-0.2, -0.15) is 0 Å². The van der Waals surface area contributed by atoms with Gasteiger partial charge in [0.15, 0.2) is 5.01 Å². The fraction of sp³-hybridized carbons (Fsp3) is 0.350. The van der Waals surface area contributed by atoms with Crippen LogP contribution >= 0.6 is 11.3 Å². The Balaban J connectivity index is 1.16. The highest BCUT2D eigenvalue weighted by molar-refractivity contribution is 7.11. The highest BCUT2D eigenvalue weighted by Gasteiger charge is 2.37. The van der Waals surface area contributed by atoms with E-state index in [1.165, 1.54) is 11.3 Å². The number of rotatable bonds is 2. The van der Waals surface area contributed by atoms with Crippen LogP contribution in [0.2, 0.25) is 0 Å². The molecule has 7 nitrogen and oxygen atoms in total. The zero-order valence-electron chi connectivity index (χ0n) is 15.4. The number of carbonyl (C=O) groups excluding carboxylic acids is 2. The van der Waals surface area contributed by atoms with Crippen molar-refractivity contribution >= 4 is 34.2 Å². The maximum atomic E-state index is 12.8. The van der Waals surface area contributed by atoms with Gasteiger partial charge < -0.3 is 9.80 Å². The molecule has 0 unspecified atom stereocenters. The van der Waals surface area contributed by atoms with Crippen molar-refractivity contribution in [2.75, 3.05) is 39.3 Å². The average Bonchev–Trinajstić information content (AvgIpc) is 3.37. The van der Waals surface area contributed by atoms with Crippen LogP contribution in [0, 0.1) is 0 Å². The molecule has 2 saturated heterocycles. The van der Waals surface area contributed by atoms with Crippen molar-refractivity contribution in [2.24, 2.45) is 0 Å². The van der Waals surface area contributed by atoms with E-state index in [1.807, 2.05) is 51.7 Å². The van der Waals surface area contributed by atoms with Crippen LogP contribution in [0.25, 0.3) is 10.9 Å². The summed E-state index contributed by atoms with van der Waals surface area (Å²) in [4.78, 5) is 35.5. The number of aromatic nitrogens is 2. The lowest BCUT2D eigenvalue weighted by Gasteiger charge is -2.47. The normalized spacial score (nSPS) is 18.4. The van der Waals surface area contributed by atoms with Gasteiger partial charge in [-0.05, 0) is 12.1 Å². The molecule has 8 heteroatoms. The summed E-state index contributed by atoms with van der Waals surface area (Å²) in [6.45, 7) is 4.60. The molecule has 2 amide bonds. The molecule has 4 heterocycles. The largest absolute Gasteiger partial charge is 0.334 e. The number of carbonyl (C=O) groups is 2. The molecule has 2 aliphatic heterocycles. The molecule has 0 N–H and O–H groups in total. The Morgan fingerprint density at radius 2 is 1.79 bits per heavy atom. The minimum Gasteiger partial charge on any atom is -0.334 e. The Hall–Kier alpha value is -2.71. The van der Waals surface area contributed by atoms with Gasteiger partial charge in [-0.15, -0.1) is 11.3 Å². The molecule has 2 fully saturated rings. The second-order valence-electron chi connectivity index (χ2n) is 7.25. The first-order chi connectivity index (χ1) is 13.7. The van der Waals surface area contributed by atoms with E-state index in [4.69, 9.17) is 0 Å². The Morgan fingerprint density at radius 1 is 1.00 bits per heavy atom. The molecule has 0 radical (unpaired) electrons. The Kier molecular flexibility index (Phi) is 4.37. The number of nitrogens with zero attached hydrogens (tertiary/aromatic N) is 5. The Morgan fingerprint density at radius 3 is 2.54 bits per heavy atom. The molecule has 1 aromatic carbocycles. The lowest BCUT2D eigenvalue weighted by molar-refractivity contribution is 0.0222. The van der Waals surface area contributed by atoms with Crippen LogP contribution in [0.3, 0.4) is 0 Å². The van der Waals surface area contributed by atoms with Gasteiger partial charge in [0.1, 0.15) is 0 Å². The number of para-hydroxylation sites is 1. The van der Waals surface area contributed by atoms with Gasteiger partial charge in [-0.3, -0.25) is 14.3 Å². The van der Waals surface area contributed by atoms with Crippen molar-refractivity contribution in [3.63, 3.8) is 0 Å². The van der Waals surface area contributed by atoms with E-state index in [0.717, 1.165) is 37.1 Å². The van der Waals surface area contributed by atoms with Crippen LogP contribution < -0.4 is 0 Å². The van der Waals surface area contributed by atoms with Gasteiger partial charge in [0.05, 0.1) is 5.52 Å². The van der Waals surface area contributed by atoms with Gasteiger partial charge >= 0.3 is 6.03 Å². The van der Waals surface area contributed by atoms with Crippen molar-refractivity contribution in [2.45, 2.75) is 6.04 Å². The SMILES string of the molecule is O=C(c1nccs1)N1CCN(C2CN(C(=O)n3ccc4ccccc43)C2)CC1. The fourth-order valence-corrected chi connectivity index (χ4v) is 4.60. The minimum absolute atomic E-state index is 0.0274. The van der Waals surface area contributed by atoms with Gasteiger partial charge in [0.25, 0.3) is 5.91 Å². The first-order valence-corrected chi connectivity index (χ1v) is 10.4. The number of piperazine rings is 1. The highest BCUT2D eigenvalue weighted by atomic mass is 32.1. The molecule has 28 heavy (non-hydrogen) atoms. The highest BCUT2D eigenvalue weighted by Crippen LogP contribution is 2.22. The smallest absolute Gasteiger partial charge is 0.328 e. The maximum Gasteiger partial charge on any atom is 0.328 e. The number of benzene rings is 1. The molecule has 0 atom stereocenters. The maximum absolute atomic E-state index is 12.8. The lowest BCUT2D eigenvalue weighted by atomic mass is 10.1. The summed E-state index contributed by atoms with van der Waals surface area (Å²) >= 11 is 1.39. The third kappa shape index (κ3) is 2.98. The summed E-state index contributed by atoms with van der Waals surface area (Å²) in [5.74, 6) is 0.0274. The van der Waals surface area contributed by atoms with Gasteiger partial charge in [0.2, 0.25) is 0 Å². The van der Waals surface area contributed by atoms with Crippen LogP contribution in [0.15, 0.2) is 48.1 Å². The standard InChI is InChI=1S/C20H21N5O2S/c26-19(18-21-6-12-28-18)23-10-8-22(9-11-23)16-13-24(14-16)20(27)25-7-5-15-3-1-2-4-17(15)25/h1-7,12,16H,8-11,13-14H2. The second kappa shape index (κ2) is 7.03. The van der Waals surface area contributed by atoms with E-state index in [0.29, 0.717) is 24.1 Å². The van der Waals surface area contributed by atoms with E-state index in [-0.39, 0.29) is 11.9 Å². The van der Waals surface area contributed by atoms with Crippen molar-refractivity contribution in [3.05, 3.63) is 53.1 Å². The topological polar surface area (TPSA) is 61.7 Å². The number of thiazole rings is 1. The molecular weight excluding hydrogens is 374 g/mol. The number of fused-ring (bicyclic) bond motifs is 1. The summed E-state index contributed by atoms with van der Waals surface area (Å²) in [7, 11) is 0. The summed E-state index contributed by atoms with van der Waals surface area (Å²) in [5.41, 5.74) is 0.949. The fourth-order valence-electron chi connectivity index (χ4n) is 4.00. The third-order valence-corrected chi connectivity index (χ3v) is 6.43. The number of hydrogen-bond acceptors (Lipinski definition) is 5. The molecule has 0 bridgehead atoms. The molecule has 5 rings (SSSR count). The Bertz CT molecular complexity index is 1000. The van der Waals surface area contributed by atoms with Crippen molar-refractivity contribution in [3.8, 4) is 0 Å². The monoisotopic (exact) mass is 395 g/mol. The second-order valence-corrected chi connectivity index (χ2v) is 8.15. The predicted molar refractivity (Wildman–Crippen MR) is 108 cm³/mol. The van der Waals surface area contributed by atoms with Crippen molar-refractivity contribution in [1.29, 1.82) is 0 Å². The molecule has 3 aromatic rings. The van der Waals surface area contributed by atoms with Gasteiger partial charge in [0, 0.05) is 68.5 Å². The number of likely N-dealkylation sites (tertiary alicyclic amines) is 1. The van der Waals surface area contributed by atoms with Crippen molar-refractivity contribution in [1.82, 2.24) is 24.3 Å². The van der Waals surface area contributed by atoms with Gasteiger partial charge in [-0.25, -0.2) is 9.78 Å². The molecule has 0 aliphatic carbocycles. The molecular formula is C20H21N5O2S. The number of hydrogen-bond donors (Lipinski definition) is 0. The van der Waals surface area contributed by atoms with E-state index in [1.54, 1.807) is 10.8 Å². The molecule has 144 valence electrons. The lowest BCUT2D eigenvalue weighted by Crippen LogP contribution is -2.65. The van der Waals surface area contributed by atoms with Crippen LogP contribution in [0.1, 0.15) is 9.80 Å². The summed E-state index contributed by atoms with van der Waals surface area (Å²) in [6, 6.07) is 10.3. The van der Waals surface area contributed by atoms with Gasteiger partial charge in [-0.1, -0.05) is 18.2 Å². The average molecular weight is 395 g/mol. The predicted octanol–water partition coefficient (Wildman–Crippen LogP) is 2.21. The zero-order valence-corrected chi connectivity index (χ0v) is 16.2. The number of amides is 2. The zero-order chi connectivity index (χ0) is 19.1. The van der Waals surface area contributed by atoms with E-state index in [2.05, 4.69) is 9.88 Å². The first-order valence-electron chi connectivity index (χ1n) is 9.49. The van der Waals surface area contributed by atoms with Crippen molar-refractivity contribution < 1.29 is 9.59 Å². The Labute approximate surface area is 166 Å². The summed E-state index contributed by atoms with van der Waals surface area (Å²) < 4.78 is 1.73. The van der Waals surface area contributed by atoms with E-state index in [9.17, 15) is 9.59 Å². The molecule has 2 aromatic heterocycles. The first kappa shape index (κ1) is 17.4. The van der Waals surface area contributed by atoms with E-state index >= 15 is 0 Å². The van der Waals surface area contributed by atoms with Crippen LogP contribution in [0.5, 0.6) is 0 Å². The van der Waals surface area contributed by atoms with Crippen LogP contribution in [-0.2, 0) is 0 Å². The molecule has 0 saturated carbocycles. The summed E-state index contributed by atoms with van der Waals surface area (Å²) in [5, 5.41) is 3.47. The van der Waals surface area contributed by atoms with Crippen LogP contribution in [0.4, 0.5) is 4.79 Å². The molecule has 2 aliphatic rings. The van der Waals surface area contributed by atoms with E-state index < -0.39 is 0 Å².